The summed E-state index contributed by atoms with van der Waals surface area (Å²) in [7, 11) is 1.47. The molecule has 3 heteroatoms. The molecule has 0 radical (unpaired) electrons. The van der Waals surface area contributed by atoms with Gasteiger partial charge < -0.3 is 4.74 Å². The Morgan fingerprint density at radius 3 is 2.12 bits per heavy atom. The number of aromatic nitrogens is 1. The SMILES string of the molecule is CCC(c1ccncc1)c1ccc(-c2ccc(OC)c(F)c2)cc1. The molecule has 3 aromatic rings. The van der Waals surface area contributed by atoms with Gasteiger partial charge in [0.05, 0.1) is 7.11 Å². The van der Waals surface area contributed by atoms with Crippen molar-refractivity contribution in [2.24, 2.45) is 0 Å². The molecule has 3 rings (SSSR count). The van der Waals surface area contributed by atoms with Gasteiger partial charge in [-0.05, 0) is 52.9 Å². The highest BCUT2D eigenvalue weighted by Gasteiger charge is 2.12. The van der Waals surface area contributed by atoms with Gasteiger partial charge >= 0.3 is 0 Å². The molecular weight excluding hydrogens is 301 g/mol. The van der Waals surface area contributed by atoms with E-state index >= 15 is 0 Å². The summed E-state index contributed by atoms with van der Waals surface area (Å²) in [5.41, 5.74) is 4.35. The third kappa shape index (κ3) is 3.30. The zero-order valence-electron chi connectivity index (χ0n) is 13.9. The third-order valence-electron chi connectivity index (χ3n) is 4.31. The van der Waals surface area contributed by atoms with E-state index in [0.29, 0.717) is 5.92 Å². The van der Waals surface area contributed by atoms with Crippen LogP contribution in [0, 0.1) is 5.82 Å². The normalized spacial score (nSPS) is 12.0. The van der Waals surface area contributed by atoms with Crippen LogP contribution in [-0.2, 0) is 0 Å². The Kier molecular flexibility index (Phi) is 4.90. The van der Waals surface area contributed by atoms with Gasteiger partial charge in [-0.25, -0.2) is 4.39 Å². The number of pyridine rings is 1. The predicted octanol–water partition coefficient (Wildman–Crippen LogP) is 5.44. The maximum absolute atomic E-state index is 13.9. The third-order valence-corrected chi connectivity index (χ3v) is 4.31. The van der Waals surface area contributed by atoms with Gasteiger partial charge in [0.25, 0.3) is 0 Å². The predicted molar refractivity (Wildman–Crippen MR) is 94.8 cm³/mol. The molecule has 0 aliphatic heterocycles. The second-order valence-electron chi connectivity index (χ2n) is 5.71. The number of hydrogen-bond acceptors (Lipinski definition) is 2. The van der Waals surface area contributed by atoms with E-state index < -0.39 is 0 Å². The minimum absolute atomic E-state index is 0.263. The fourth-order valence-corrected chi connectivity index (χ4v) is 3.01. The second-order valence-corrected chi connectivity index (χ2v) is 5.71. The number of halogens is 1. The number of benzene rings is 2. The van der Waals surface area contributed by atoms with E-state index in [9.17, 15) is 4.39 Å². The summed E-state index contributed by atoms with van der Waals surface area (Å²) < 4.78 is 18.9. The number of methoxy groups -OCH3 is 1. The lowest BCUT2D eigenvalue weighted by atomic mass is 9.89. The van der Waals surface area contributed by atoms with Gasteiger partial charge in [-0.1, -0.05) is 37.3 Å². The van der Waals surface area contributed by atoms with E-state index in [4.69, 9.17) is 4.74 Å². The van der Waals surface area contributed by atoms with E-state index in [2.05, 4.69) is 36.2 Å². The molecule has 1 atom stereocenters. The van der Waals surface area contributed by atoms with E-state index in [1.54, 1.807) is 6.07 Å². The lowest BCUT2D eigenvalue weighted by Gasteiger charge is -2.16. The Morgan fingerprint density at radius 2 is 1.54 bits per heavy atom. The molecule has 0 N–H and O–H groups in total. The number of rotatable bonds is 5. The van der Waals surface area contributed by atoms with E-state index in [1.165, 1.54) is 24.3 Å². The summed E-state index contributed by atoms with van der Waals surface area (Å²) in [6.07, 6.45) is 4.67. The molecule has 0 saturated carbocycles. The van der Waals surface area contributed by atoms with Crippen molar-refractivity contribution in [1.82, 2.24) is 4.98 Å². The van der Waals surface area contributed by atoms with Gasteiger partial charge in [0.2, 0.25) is 0 Å². The van der Waals surface area contributed by atoms with Crippen LogP contribution in [0.4, 0.5) is 4.39 Å². The van der Waals surface area contributed by atoms with E-state index in [1.807, 2.05) is 30.6 Å². The Bertz CT molecular complexity index is 800. The van der Waals surface area contributed by atoms with Gasteiger partial charge in [-0.3, -0.25) is 4.98 Å². The van der Waals surface area contributed by atoms with Gasteiger partial charge in [0.1, 0.15) is 0 Å². The molecule has 0 spiro atoms. The van der Waals surface area contributed by atoms with Gasteiger partial charge in [-0.15, -0.1) is 0 Å². The Labute approximate surface area is 142 Å². The highest BCUT2D eigenvalue weighted by molar-refractivity contribution is 5.65. The smallest absolute Gasteiger partial charge is 0.165 e. The quantitative estimate of drug-likeness (QED) is 0.624. The molecule has 1 heterocycles. The van der Waals surface area contributed by atoms with Crippen molar-refractivity contribution in [2.45, 2.75) is 19.3 Å². The lowest BCUT2D eigenvalue weighted by molar-refractivity contribution is 0.386. The monoisotopic (exact) mass is 321 g/mol. The minimum Gasteiger partial charge on any atom is -0.494 e. The molecule has 2 aromatic carbocycles. The average molecular weight is 321 g/mol. The van der Waals surface area contributed by atoms with Crippen LogP contribution in [-0.4, -0.2) is 12.1 Å². The lowest BCUT2D eigenvalue weighted by Crippen LogP contribution is -1.99. The minimum atomic E-state index is -0.345. The van der Waals surface area contributed by atoms with Crippen LogP contribution in [0.25, 0.3) is 11.1 Å². The molecule has 0 fully saturated rings. The molecule has 122 valence electrons. The first-order valence-corrected chi connectivity index (χ1v) is 8.06. The van der Waals surface area contributed by atoms with Crippen LogP contribution < -0.4 is 4.74 Å². The maximum atomic E-state index is 13.9. The van der Waals surface area contributed by atoms with Crippen LogP contribution in [0.15, 0.2) is 67.0 Å². The first-order chi connectivity index (χ1) is 11.7. The maximum Gasteiger partial charge on any atom is 0.165 e. The number of ether oxygens (including phenoxy) is 1. The van der Waals surface area contributed by atoms with Gasteiger partial charge in [-0.2, -0.15) is 0 Å². The van der Waals surface area contributed by atoms with Crippen molar-refractivity contribution in [3.05, 3.63) is 83.9 Å². The van der Waals surface area contributed by atoms with Crippen LogP contribution in [0.5, 0.6) is 5.75 Å². The molecule has 0 amide bonds. The zero-order valence-corrected chi connectivity index (χ0v) is 13.9. The molecule has 0 aliphatic rings. The van der Waals surface area contributed by atoms with E-state index in [0.717, 1.165) is 17.5 Å². The van der Waals surface area contributed by atoms with Gasteiger partial charge in [0, 0.05) is 18.3 Å². The summed E-state index contributed by atoms with van der Waals surface area (Å²) in [5.74, 6) is 0.260. The molecule has 24 heavy (non-hydrogen) atoms. The first-order valence-electron chi connectivity index (χ1n) is 8.06. The van der Waals surface area contributed by atoms with Crippen molar-refractivity contribution < 1.29 is 9.13 Å². The van der Waals surface area contributed by atoms with Crippen LogP contribution in [0.3, 0.4) is 0 Å². The number of hydrogen-bond donors (Lipinski definition) is 0. The molecule has 0 saturated heterocycles. The Morgan fingerprint density at radius 1 is 0.917 bits per heavy atom. The summed E-state index contributed by atoms with van der Waals surface area (Å²) in [6, 6.07) is 17.5. The largest absolute Gasteiger partial charge is 0.494 e. The van der Waals surface area contributed by atoms with Crippen molar-refractivity contribution >= 4 is 0 Å². The summed E-state index contributed by atoms with van der Waals surface area (Å²) in [6.45, 7) is 2.18. The fourth-order valence-electron chi connectivity index (χ4n) is 3.01. The summed E-state index contributed by atoms with van der Waals surface area (Å²) in [4.78, 5) is 4.09. The van der Waals surface area contributed by atoms with Crippen LogP contribution >= 0.6 is 0 Å². The van der Waals surface area contributed by atoms with Crippen LogP contribution in [0.1, 0.15) is 30.4 Å². The molecular formula is C21H20FNO. The fraction of sp³-hybridized carbons (Fsp3) is 0.190. The summed E-state index contributed by atoms with van der Waals surface area (Å²) in [5, 5.41) is 0. The van der Waals surface area contributed by atoms with Crippen molar-refractivity contribution in [2.75, 3.05) is 7.11 Å². The van der Waals surface area contributed by atoms with Crippen molar-refractivity contribution in [1.29, 1.82) is 0 Å². The molecule has 0 aliphatic carbocycles. The molecule has 0 bridgehead atoms. The molecule has 2 nitrogen and oxygen atoms in total. The molecule has 1 aromatic heterocycles. The highest BCUT2D eigenvalue weighted by Crippen LogP contribution is 2.30. The van der Waals surface area contributed by atoms with Crippen molar-refractivity contribution in [3.63, 3.8) is 0 Å². The van der Waals surface area contributed by atoms with Gasteiger partial charge in [0.15, 0.2) is 11.6 Å². The van der Waals surface area contributed by atoms with Crippen molar-refractivity contribution in [3.8, 4) is 16.9 Å². The topological polar surface area (TPSA) is 22.1 Å². The standard InChI is InChI=1S/C21H20FNO/c1-3-19(17-10-12-23-13-11-17)16-6-4-15(5-7-16)18-8-9-21(24-2)20(22)14-18/h4-14,19H,3H2,1-2H3. The average Bonchev–Trinajstić information content (AvgIpc) is 2.64. The molecule has 1 unspecified atom stereocenters. The second kappa shape index (κ2) is 7.26. The van der Waals surface area contributed by atoms with Crippen LogP contribution in [0.2, 0.25) is 0 Å². The Balaban J connectivity index is 1.89. The zero-order chi connectivity index (χ0) is 16.9. The number of nitrogens with zero attached hydrogens (tertiary/aromatic N) is 1. The highest BCUT2D eigenvalue weighted by atomic mass is 19.1. The summed E-state index contributed by atoms with van der Waals surface area (Å²) >= 11 is 0. The van der Waals surface area contributed by atoms with E-state index in [-0.39, 0.29) is 11.6 Å². The first kappa shape index (κ1) is 16.2. The Hall–Kier alpha value is -2.68.